The van der Waals surface area contributed by atoms with Crippen LogP contribution in [-0.4, -0.2) is 31.6 Å². The summed E-state index contributed by atoms with van der Waals surface area (Å²) in [6.45, 7) is 7.75. The number of carbonyl (C=O) groups is 1. The highest BCUT2D eigenvalue weighted by atomic mass is 17.2. The van der Waals surface area contributed by atoms with Gasteiger partial charge in [-0.2, -0.15) is 0 Å². The maximum atomic E-state index is 11.1. The van der Waals surface area contributed by atoms with Crippen molar-refractivity contribution >= 4 is 5.97 Å². The Kier molecular flexibility index (Phi) is 7.29. The van der Waals surface area contributed by atoms with Gasteiger partial charge in [-0.3, -0.25) is 4.79 Å². The van der Waals surface area contributed by atoms with Crippen LogP contribution in [0.25, 0.3) is 0 Å². The summed E-state index contributed by atoms with van der Waals surface area (Å²) in [5.41, 5.74) is -0.402. The minimum absolute atomic E-state index is 0.250. The molecule has 0 bridgehead atoms. The number of ether oxygens (including phenoxy) is 2. The Morgan fingerprint density at radius 2 is 1.94 bits per heavy atom. The van der Waals surface area contributed by atoms with E-state index in [4.69, 9.17) is 19.2 Å². The Labute approximate surface area is 96.9 Å². The molecule has 1 atom stereocenters. The van der Waals surface area contributed by atoms with Crippen LogP contribution in [0.3, 0.4) is 0 Å². The van der Waals surface area contributed by atoms with Gasteiger partial charge in [-0.05, 0) is 27.7 Å². The zero-order valence-electron chi connectivity index (χ0n) is 10.7. The molecule has 0 aromatic carbocycles. The van der Waals surface area contributed by atoms with Crippen molar-refractivity contribution in [2.24, 2.45) is 0 Å². The molecule has 0 spiro atoms. The summed E-state index contributed by atoms with van der Waals surface area (Å²) in [4.78, 5) is 21.2. The number of carbonyl (C=O) groups excluding carboxylic acids is 1. The quantitative estimate of drug-likeness (QED) is 0.292. The Hall–Kier alpha value is -0.650. The zero-order chi connectivity index (χ0) is 12.6. The molecule has 96 valence electrons. The molecule has 5 nitrogen and oxygen atoms in total. The number of rotatable bonds is 7. The third-order valence-electron chi connectivity index (χ3n) is 1.56. The van der Waals surface area contributed by atoms with Gasteiger partial charge in [-0.25, -0.2) is 9.78 Å². The van der Waals surface area contributed by atoms with E-state index in [1.165, 1.54) is 7.11 Å². The monoisotopic (exact) mass is 234 g/mol. The highest BCUT2D eigenvalue weighted by molar-refractivity contribution is 5.69. The van der Waals surface area contributed by atoms with E-state index < -0.39 is 11.9 Å². The van der Waals surface area contributed by atoms with Gasteiger partial charge < -0.3 is 9.47 Å². The second-order valence-corrected chi connectivity index (χ2v) is 4.30. The standard InChI is InChI=1S/C11H22O5/c1-6-14-9(12)7-8-10(13-5)15-16-11(2,3)4/h10H,6-8H2,1-5H3. The summed E-state index contributed by atoms with van der Waals surface area (Å²) in [6, 6.07) is 0. The molecule has 0 fully saturated rings. The molecular formula is C11H22O5. The van der Waals surface area contributed by atoms with Crippen molar-refractivity contribution in [2.45, 2.75) is 52.4 Å². The van der Waals surface area contributed by atoms with E-state index in [-0.39, 0.29) is 12.4 Å². The van der Waals surface area contributed by atoms with Crippen molar-refractivity contribution in [2.75, 3.05) is 13.7 Å². The van der Waals surface area contributed by atoms with Gasteiger partial charge in [0.05, 0.1) is 18.6 Å². The third-order valence-corrected chi connectivity index (χ3v) is 1.56. The van der Waals surface area contributed by atoms with Gasteiger partial charge in [0.25, 0.3) is 0 Å². The first-order chi connectivity index (χ1) is 7.39. The van der Waals surface area contributed by atoms with Crippen LogP contribution in [0.2, 0.25) is 0 Å². The molecule has 1 unspecified atom stereocenters. The maximum Gasteiger partial charge on any atom is 0.305 e. The molecule has 0 aromatic heterocycles. The van der Waals surface area contributed by atoms with Crippen molar-refractivity contribution in [3.05, 3.63) is 0 Å². The highest BCUT2D eigenvalue weighted by Crippen LogP contribution is 2.12. The van der Waals surface area contributed by atoms with Crippen molar-refractivity contribution in [3.63, 3.8) is 0 Å². The fourth-order valence-electron chi connectivity index (χ4n) is 0.872. The van der Waals surface area contributed by atoms with E-state index in [2.05, 4.69) is 0 Å². The topological polar surface area (TPSA) is 54.0 Å². The Balaban J connectivity index is 3.79. The lowest BCUT2D eigenvalue weighted by Gasteiger charge is -2.22. The first-order valence-corrected chi connectivity index (χ1v) is 5.42. The second-order valence-electron chi connectivity index (χ2n) is 4.30. The minimum atomic E-state index is -0.552. The summed E-state index contributed by atoms with van der Waals surface area (Å²) in [6.07, 6.45) is 0.106. The Morgan fingerprint density at radius 3 is 2.38 bits per heavy atom. The third kappa shape index (κ3) is 8.64. The van der Waals surface area contributed by atoms with E-state index in [0.29, 0.717) is 13.0 Å². The van der Waals surface area contributed by atoms with Gasteiger partial charge in [0.2, 0.25) is 0 Å². The van der Waals surface area contributed by atoms with E-state index in [0.717, 1.165) is 0 Å². The molecular weight excluding hydrogens is 212 g/mol. The predicted octanol–water partition coefficient (Wildman–Crippen LogP) is 2.05. The highest BCUT2D eigenvalue weighted by Gasteiger charge is 2.17. The summed E-state index contributed by atoms with van der Waals surface area (Å²) < 4.78 is 9.81. The number of hydrogen-bond donors (Lipinski definition) is 0. The first-order valence-electron chi connectivity index (χ1n) is 5.42. The van der Waals surface area contributed by atoms with Crippen molar-refractivity contribution < 1.29 is 24.0 Å². The van der Waals surface area contributed by atoms with E-state index in [9.17, 15) is 4.79 Å². The smallest absolute Gasteiger partial charge is 0.305 e. The summed E-state index contributed by atoms with van der Waals surface area (Å²) >= 11 is 0. The van der Waals surface area contributed by atoms with Gasteiger partial charge in [-0.1, -0.05) is 0 Å². The van der Waals surface area contributed by atoms with Crippen LogP contribution in [-0.2, 0) is 24.0 Å². The molecule has 5 heteroatoms. The lowest BCUT2D eigenvalue weighted by atomic mass is 10.2. The van der Waals surface area contributed by atoms with Crippen LogP contribution < -0.4 is 0 Å². The van der Waals surface area contributed by atoms with Gasteiger partial charge in [0.1, 0.15) is 0 Å². The van der Waals surface area contributed by atoms with Gasteiger partial charge in [-0.15, -0.1) is 0 Å². The van der Waals surface area contributed by atoms with Crippen LogP contribution in [0.15, 0.2) is 0 Å². The maximum absolute atomic E-state index is 11.1. The predicted molar refractivity (Wildman–Crippen MR) is 58.6 cm³/mol. The van der Waals surface area contributed by atoms with Crippen LogP contribution in [0.4, 0.5) is 0 Å². The van der Waals surface area contributed by atoms with Gasteiger partial charge in [0.15, 0.2) is 6.29 Å². The molecule has 0 heterocycles. The second kappa shape index (κ2) is 7.60. The molecule has 0 N–H and O–H groups in total. The van der Waals surface area contributed by atoms with Crippen LogP contribution in [0.1, 0.15) is 40.5 Å². The Morgan fingerprint density at radius 1 is 1.31 bits per heavy atom. The average Bonchev–Trinajstić information content (AvgIpc) is 2.17. The minimum Gasteiger partial charge on any atom is -0.466 e. The molecule has 0 aliphatic carbocycles. The molecule has 0 saturated carbocycles. The van der Waals surface area contributed by atoms with Crippen LogP contribution in [0, 0.1) is 0 Å². The van der Waals surface area contributed by atoms with Gasteiger partial charge in [0, 0.05) is 13.5 Å². The van der Waals surface area contributed by atoms with Crippen LogP contribution in [0.5, 0.6) is 0 Å². The van der Waals surface area contributed by atoms with Crippen molar-refractivity contribution in [1.29, 1.82) is 0 Å². The molecule has 0 rings (SSSR count). The van der Waals surface area contributed by atoms with E-state index >= 15 is 0 Å². The van der Waals surface area contributed by atoms with E-state index in [1.54, 1.807) is 6.92 Å². The summed E-state index contributed by atoms with van der Waals surface area (Å²) in [7, 11) is 1.50. The molecule has 0 saturated heterocycles. The molecule has 0 aliphatic heterocycles. The van der Waals surface area contributed by atoms with Gasteiger partial charge >= 0.3 is 5.97 Å². The largest absolute Gasteiger partial charge is 0.466 e. The number of esters is 1. The average molecular weight is 234 g/mol. The zero-order valence-corrected chi connectivity index (χ0v) is 10.7. The molecule has 0 amide bonds. The first kappa shape index (κ1) is 15.3. The normalized spacial score (nSPS) is 13.6. The van der Waals surface area contributed by atoms with E-state index in [1.807, 2.05) is 20.8 Å². The fraction of sp³-hybridized carbons (Fsp3) is 0.909. The number of methoxy groups -OCH3 is 1. The Bertz CT molecular complexity index is 197. The summed E-state index contributed by atoms with van der Waals surface area (Å²) in [5.74, 6) is -0.260. The molecule has 16 heavy (non-hydrogen) atoms. The van der Waals surface area contributed by atoms with Crippen molar-refractivity contribution in [1.82, 2.24) is 0 Å². The molecule has 0 aliphatic rings. The lowest BCUT2D eigenvalue weighted by Crippen LogP contribution is -2.26. The summed E-state index contributed by atoms with van der Waals surface area (Å²) in [5, 5.41) is 0. The van der Waals surface area contributed by atoms with Crippen LogP contribution >= 0.6 is 0 Å². The molecule has 0 radical (unpaired) electrons. The van der Waals surface area contributed by atoms with Crippen molar-refractivity contribution in [3.8, 4) is 0 Å². The SMILES string of the molecule is CCOC(=O)CCC(OC)OOC(C)(C)C. The fourth-order valence-corrected chi connectivity index (χ4v) is 0.872. The number of hydrogen-bond acceptors (Lipinski definition) is 5. The molecule has 0 aromatic rings. The lowest BCUT2D eigenvalue weighted by molar-refractivity contribution is -0.413.